The van der Waals surface area contributed by atoms with Gasteiger partial charge in [0.05, 0.1) is 10.2 Å². The molecule has 2 aromatic carbocycles. The van der Waals surface area contributed by atoms with Crippen LogP contribution in [0.3, 0.4) is 0 Å². The third-order valence-corrected chi connectivity index (χ3v) is 5.62. The lowest BCUT2D eigenvalue weighted by atomic mass is 9.90. The topological polar surface area (TPSA) is 45.1 Å². The molecule has 1 atom stereocenters. The van der Waals surface area contributed by atoms with Crippen LogP contribution in [-0.2, 0) is 12.0 Å². The number of thiazole rings is 1. The molecule has 0 aliphatic carbocycles. The van der Waals surface area contributed by atoms with Gasteiger partial charge >= 0.3 is 6.18 Å². The normalized spacial score (nSPS) is 17.0. The van der Waals surface area contributed by atoms with Gasteiger partial charge in [0.2, 0.25) is 5.60 Å². The molecule has 1 aliphatic heterocycles. The van der Waals surface area contributed by atoms with Crippen LogP contribution in [0.2, 0.25) is 0 Å². The predicted octanol–water partition coefficient (Wildman–Crippen LogP) is 4.45. The summed E-state index contributed by atoms with van der Waals surface area (Å²) in [4.78, 5) is 4.07. The van der Waals surface area contributed by atoms with Gasteiger partial charge in [-0.05, 0) is 36.6 Å². The summed E-state index contributed by atoms with van der Waals surface area (Å²) in [5, 5.41) is 13.6. The Hall–Kier alpha value is -2.12. The number of hydrogen-bond acceptors (Lipinski definition) is 4. The maximum absolute atomic E-state index is 13.9. The molecule has 0 bridgehead atoms. The van der Waals surface area contributed by atoms with E-state index in [-0.39, 0.29) is 10.6 Å². The summed E-state index contributed by atoms with van der Waals surface area (Å²) >= 11 is 0.867. The Kier molecular flexibility index (Phi) is 3.73. The van der Waals surface area contributed by atoms with E-state index in [2.05, 4.69) is 10.3 Å². The molecule has 0 spiro atoms. The third kappa shape index (κ3) is 2.58. The fourth-order valence-corrected chi connectivity index (χ4v) is 4.23. The van der Waals surface area contributed by atoms with E-state index < -0.39 is 11.8 Å². The monoisotopic (exact) mass is 364 g/mol. The van der Waals surface area contributed by atoms with Crippen LogP contribution in [0.15, 0.2) is 42.5 Å². The van der Waals surface area contributed by atoms with Crippen LogP contribution in [0.25, 0.3) is 10.2 Å². The zero-order valence-corrected chi connectivity index (χ0v) is 13.9. The highest BCUT2D eigenvalue weighted by Gasteiger charge is 2.58. The minimum absolute atomic E-state index is 0.193. The summed E-state index contributed by atoms with van der Waals surface area (Å²) in [7, 11) is 0. The average Bonchev–Trinajstić information content (AvgIpc) is 3.04. The van der Waals surface area contributed by atoms with E-state index in [0.29, 0.717) is 16.6 Å². The Labute approximate surface area is 146 Å². The van der Waals surface area contributed by atoms with E-state index in [1.165, 1.54) is 12.1 Å². The van der Waals surface area contributed by atoms with Crippen molar-refractivity contribution < 1.29 is 18.3 Å². The van der Waals surface area contributed by atoms with Crippen LogP contribution in [0.4, 0.5) is 18.9 Å². The van der Waals surface area contributed by atoms with Crippen molar-refractivity contribution >= 4 is 27.2 Å². The summed E-state index contributed by atoms with van der Waals surface area (Å²) in [6.07, 6.45) is -3.34. The number of nitrogens with zero attached hydrogens (tertiary/aromatic N) is 1. The molecule has 0 unspecified atom stereocenters. The van der Waals surface area contributed by atoms with Gasteiger partial charge in [-0.1, -0.05) is 24.3 Å². The fourth-order valence-electron chi connectivity index (χ4n) is 3.14. The van der Waals surface area contributed by atoms with Gasteiger partial charge in [0, 0.05) is 17.8 Å². The first-order valence-electron chi connectivity index (χ1n) is 7.92. The molecule has 25 heavy (non-hydrogen) atoms. The van der Waals surface area contributed by atoms with Gasteiger partial charge in [0.25, 0.3) is 0 Å². The Balaban J connectivity index is 1.90. The van der Waals surface area contributed by atoms with Gasteiger partial charge in [0.1, 0.15) is 5.01 Å². The molecule has 130 valence electrons. The molecule has 3 nitrogen and oxygen atoms in total. The number of alkyl halides is 3. The van der Waals surface area contributed by atoms with E-state index in [1.807, 2.05) is 0 Å². The van der Waals surface area contributed by atoms with E-state index in [9.17, 15) is 18.3 Å². The van der Waals surface area contributed by atoms with Gasteiger partial charge in [-0.25, -0.2) is 4.98 Å². The number of rotatable bonds is 2. The molecule has 0 saturated carbocycles. The number of para-hydroxylation sites is 1. The van der Waals surface area contributed by atoms with Crippen molar-refractivity contribution in [1.29, 1.82) is 0 Å². The Morgan fingerprint density at radius 3 is 2.68 bits per heavy atom. The Morgan fingerprint density at radius 1 is 1.12 bits per heavy atom. The minimum atomic E-state index is -4.88. The smallest absolute Gasteiger partial charge is 0.385 e. The third-order valence-electron chi connectivity index (χ3n) is 4.48. The van der Waals surface area contributed by atoms with E-state index in [0.717, 1.165) is 35.6 Å². The first-order valence-corrected chi connectivity index (χ1v) is 8.74. The van der Waals surface area contributed by atoms with Gasteiger partial charge in [-0.3, -0.25) is 0 Å². The number of aliphatic hydroxyl groups is 1. The fraction of sp³-hybridized carbons (Fsp3) is 0.278. The highest BCUT2D eigenvalue weighted by Crippen LogP contribution is 2.47. The number of halogens is 3. The van der Waals surface area contributed by atoms with Crippen molar-refractivity contribution in [3.8, 4) is 0 Å². The van der Waals surface area contributed by atoms with Crippen LogP contribution in [0, 0.1) is 0 Å². The van der Waals surface area contributed by atoms with E-state index in [4.69, 9.17) is 0 Å². The van der Waals surface area contributed by atoms with Crippen molar-refractivity contribution in [1.82, 2.24) is 4.98 Å². The predicted molar refractivity (Wildman–Crippen MR) is 91.9 cm³/mol. The number of anilines is 1. The molecule has 0 saturated heterocycles. The van der Waals surface area contributed by atoms with Gasteiger partial charge in [-0.15, -0.1) is 11.3 Å². The number of benzene rings is 2. The van der Waals surface area contributed by atoms with Crippen molar-refractivity contribution in [2.45, 2.75) is 24.6 Å². The van der Waals surface area contributed by atoms with Crippen LogP contribution in [0.5, 0.6) is 0 Å². The van der Waals surface area contributed by atoms with E-state index >= 15 is 0 Å². The summed E-state index contributed by atoms with van der Waals surface area (Å²) < 4.78 is 42.4. The molecular weight excluding hydrogens is 349 g/mol. The second-order valence-electron chi connectivity index (χ2n) is 6.10. The second-order valence-corrected chi connectivity index (χ2v) is 7.13. The zero-order valence-electron chi connectivity index (χ0n) is 13.1. The van der Waals surface area contributed by atoms with Gasteiger partial charge in [-0.2, -0.15) is 13.2 Å². The molecule has 4 rings (SSSR count). The average molecular weight is 364 g/mol. The van der Waals surface area contributed by atoms with Crippen LogP contribution in [-0.4, -0.2) is 22.8 Å². The summed E-state index contributed by atoms with van der Waals surface area (Å²) in [5.74, 6) is 0. The number of hydrogen-bond donors (Lipinski definition) is 2. The quantitative estimate of drug-likeness (QED) is 0.706. The standard InChI is InChI=1S/C18H15F3N2OS/c19-18(20,21)17(24,16-23-14-5-1-2-6-15(14)25-16)12-7-8-13-11(10-12)4-3-9-22-13/h1-2,5-8,10,22,24H,3-4,9H2/t17-/m0/s1. The van der Waals surface area contributed by atoms with Gasteiger partial charge < -0.3 is 10.4 Å². The molecule has 3 aromatic rings. The molecular formula is C18H15F3N2OS. The lowest BCUT2D eigenvalue weighted by Gasteiger charge is -2.30. The van der Waals surface area contributed by atoms with Crippen molar-refractivity contribution in [2.24, 2.45) is 0 Å². The summed E-state index contributed by atoms with van der Waals surface area (Å²) in [6.45, 7) is 0.799. The second kappa shape index (κ2) is 5.71. The van der Waals surface area contributed by atoms with Crippen LogP contribution < -0.4 is 5.32 Å². The molecule has 0 amide bonds. The van der Waals surface area contributed by atoms with Gasteiger partial charge in [0.15, 0.2) is 0 Å². The van der Waals surface area contributed by atoms with E-state index in [1.54, 1.807) is 30.3 Å². The number of fused-ring (bicyclic) bond motifs is 2. The van der Waals surface area contributed by atoms with Crippen molar-refractivity contribution in [3.05, 3.63) is 58.6 Å². The first kappa shape index (κ1) is 16.4. The molecule has 7 heteroatoms. The number of aromatic nitrogens is 1. The SMILES string of the molecule is O[C@@](c1ccc2c(c1)CCCN2)(c1nc2ccccc2s1)C(F)(F)F. The number of nitrogens with one attached hydrogen (secondary N) is 1. The van der Waals surface area contributed by atoms with Crippen LogP contribution >= 0.6 is 11.3 Å². The summed E-state index contributed by atoms with van der Waals surface area (Å²) in [5.41, 5.74) is -1.26. The van der Waals surface area contributed by atoms with Crippen molar-refractivity contribution in [2.75, 3.05) is 11.9 Å². The Morgan fingerprint density at radius 2 is 1.92 bits per heavy atom. The molecule has 1 aromatic heterocycles. The molecule has 1 aliphatic rings. The Bertz CT molecular complexity index is 904. The summed E-state index contributed by atoms with van der Waals surface area (Å²) in [6, 6.07) is 11.2. The highest BCUT2D eigenvalue weighted by molar-refractivity contribution is 7.18. The molecule has 0 radical (unpaired) electrons. The zero-order chi connectivity index (χ0) is 17.7. The molecule has 0 fully saturated rings. The number of aryl methyl sites for hydroxylation is 1. The van der Waals surface area contributed by atoms with Crippen LogP contribution in [0.1, 0.15) is 22.6 Å². The maximum atomic E-state index is 13.9. The lowest BCUT2D eigenvalue weighted by Crippen LogP contribution is -2.43. The highest BCUT2D eigenvalue weighted by atomic mass is 32.1. The largest absolute Gasteiger partial charge is 0.428 e. The minimum Gasteiger partial charge on any atom is -0.385 e. The first-order chi connectivity index (χ1) is 11.9. The lowest BCUT2D eigenvalue weighted by molar-refractivity contribution is -0.248. The molecule has 2 heterocycles. The van der Waals surface area contributed by atoms with Crippen molar-refractivity contribution in [3.63, 3.8) is 0 Å². The molecule has 2 N–H and O–H groups in total. The maximum Gasteiger partial charge on any atom is 0.428 e.